The quantitative estimate of drug-likeness (QED) is 0.858. The lowest BCUT2D eigenvalue weighted by Crippen LogP contribution is -2.49. The highest BCUT2D eigenvalue weighted by molar-refractivity contribution is 7.09. The van der Waals surface area contributed by atoms with Crippen molar-refractivity contribution in [3.63, 3.8) is 0 Å². The molecule has 2 saturated heterocycles. The second kappa shape index (κ2) is 6.17. The number of nitrogens with one attached hydrogen (secondary N) is 1. The molecule has 0 radical (unpaired) electrons. The molecule has 0 aromatic carbocycles. The van der Waals surface area contributed by atoms with Crippen molar-refractivity contribution in [2.24, 2.45) is 5.92 Å². The molecule has 0 spiro atoms. The Morgan fingerprint density at radius 2 is 2.09 bits per heavy atom. The predicted molar refractivity (Wildman–Crippen MR) is 90.4 cm³/mol. The van der Waals surface area contributed by atoms with E-state index >= 15 is 0 Å². The van der Waals surface area contributed by atoms with Crippen molar-refractivity contribution in [1.29, 1.82) is 0 Å². The molecule has 1 aromatic heterocycles. The summed E-state index contributed by atoms with van der Waals surface area (Å²) in [6.07, 6.45) is 10.5. The third kappa shape index (κ3) is 2.93. The van der Waals surface area contributed by atoms with Crippen molar-refractivity contribution < 1.29 is 9.53 Å². The normalized spacial score (nSPS) is 32.7. The van der Waals surface area contributed by atoms with Gasteiger partial charge in [-0.05, 0) is 39.0 Å². The highest BCUT2D eigenvalue weighted by atomic mass is 32.1. The van der Waals surface area contributed by atoms with Crippen LogP contribution in [0.3, 0.4) is 0 Å². The third-order valence-electron chi connectivity index (χ3n) is 5.79. The van der Waals surface area contributed by atoms with Crippen LogP contribution in [0.2, 0.25) is 0 Å². The van der Waals surface area contributed by atoms with Crippen molar-refractivity contribution >= 4 is 17.2 Å². The summed E-state index contributed by atoms with van der Waals surface area (Å²) < 4.78 is 5.89. The Morgan fingerprint density at radius 3 is 2.65 bits per heavy atom. The summed E-state index contributed by atoms with van der Waals surface area (Å²) in [5.74, 6) is 0.252. The molecule has 3 atom stereocenters. The minimum atomic E-state index is -0.242. The molecule has 1 N–H and O–H groups in total. The topological polar surface area (TPSA) is 51.2 Å². The van der Waals surface area contributed by atoms with Crippen LogP contribution in [0.4, 0.5) is 0 Å². The number of rotatable bonds is 3. The molecule has 5 heteroatoms. The van der Waals surface area contributed by atoms with Crippen LogP contribution >= 0.6 is 11.3 Å². The molecular formula is C18H26N2O2S. The molecule has 1 aliphatic carbocycles. The third-order valence-corrected chi connectivity index (χ3v) is 6.96. The minimum Gasteiger partial charge on any atom is -0.374 e. The van der Waals surface area contributed by atoms with Gasteiger partial charge >= 0.3 is 0 Å². The first-order valence-electron chi connectivity index (χ1n) is 9.06. The van der Waals surface area contributed by atoms with Crippen LogP contribution in [0.15, 0.2) is 5.38 Å². The Labute approximate surface area is 142 Å². The van der Waals surface area contributed by atoms with Gasteiger partial charge in [-0.25, -0.2) is 4.98 Å². The number of thiazole rings is 1. The number of aromatic nitrogens is 1. The summed E-state index contributed by atoms with van der Waals surface area (Å²) in [6, 6.07) is 0. The number of carbonyl (C=O) groups excluding carboxylic acids is 1. The van der Waals surface area contributed by atoms with E-state index in [-0.39, 0.29) is 23.5 Å². The Balaban J connectivity index is 1.56. The van der Waals surface area contributed by atoms with E-state index in [0.717, 1.165) is 42.8 Å². The summed E-state index contributed by atoms with van der Waals surface area (Å²) >= 11 is 1.71. The summed E-state index contributed by atoms with van der Waals surface area (Å²) in [4.78, 5) is 17.7. The molecule has 126 valence electrons. The maximum atomic E-state index is 13.0. The fraction of sp³-hybridized carbons (Fsp3) is 0.778. The van der Waals surface area contributed by atoms with E-state index in [0.29, 0.717) is 6.10 Å². The molecule has 4 nitrogen and oxygen atoms in total. The van der Waals surface area contributed by atoms with Gasteiger partial charge in [0, 0.05) is 11.1 Å². The van der Waals surface area contributed by atoms with E-state index in [1.165, 1.54) is 25.7 Å². The Kier molecular flexibility index (Phi) is 4.18. The molecule has 2 bridgehead atoms. The van der Waals surface area contributed by atoms with E-state index in [2.05, 4.69) is 10.7 Å². The monoisotopic (exact) mass is 334 g/mol. The summed E-state index contributed by atoms with van der Waals surface area (Å²) in [6.45, 7) is 2.04. The fourth-order valence-electron chi connectivity index (χ4n) is 4.54. The second-order valence-corrected chi connectivity index (χ2v) is 8.35. The molecule has 3 aliphatic rings. The number of aryl methyl sites for hydroxylation is 1. The van der Waals surface area contributed by atoms with Crippen molar-refractivity contribution in [1.82, 2.24) is 10.3 Å². The van der Waals surface area contributed by atoms with Crippen molar-refractivity contribution in [3.8, 4) is 0 Å². The molecular weight excluding hydrogens is 308 g/mol. The van der Waals surface area contributed by atoms with Crippen molar-refractivity contribution in [2.75, 3.05) is 0 Å². The standard InChI is InChI=1S/C18H26N2O2S/c1-12-11-23-17(19-12)18(8-4-2-3-5-9-18)20-16(21)14-10-13-6-7-15(14)22-13/h11,13-15H,2-10H2,1H3,(H,20,21). The van der Waals surface area contributed by atoms with Crippen LogP contribution in [0.25, 0.3) is 0 Å². The maximum absolute atomic E-state index is 13.0. The van der Waals surface area contributed by atoms with E-state index in [1.807, 2.05) is 6.92 Å². The van der Waals surface area contributed by atoms with Gasteiger partial charge in [0.2, 0.25) is 5.91 Å². The zero-order valence-electron chi connectivity index (χ0n) is 13.8. The predicted octanol–water partition coefficient (Wildman–Crippen LogP) is 3.68. The number of amides is 1. The smallest absolute Gasteiger partial charge is 0.226 e. The van der Waals surface area contributed by atoms with Gasteiger partial charge in [0.25, 0.3) is 0 Å². The maximum Gasteiger partial charge on any atom is 0.226 e. The van der Waals surface area contributed by atoms with Gasteiger partial charge in [-0.3, -0.25) is 4.79 Å². The summed E-state index contributed by atoms with van der Waals surface area (Å²) in [5, 5.41) is 6.67. The number of fused-ring (bicyclic) bond motifs is 2. The van der Waals surface area contributed by atoms with Crippen molar-refractivity contribution in [2.45, 2.75) is 82.5 Å². The lowest BCUT2D eigenvalue weighted by molar-refractivity contribution is -0.129. The van der Waals surface area contributed by atoms with E-state index in [1.54, 1.807) is 11.3 Å². The molecule has 23 heavy (non-hydrogen) atoms. The minimum absolute atomic E-state index is 0.0509. The summed E-state index contributed by atoms with van der Waals surface area (Å²) in [5.41, 5.74) is 0.820. The molecule has 3 unspecified atom stereocenters. The van der Waals surface area contributed by atoms with Gasteiger partial charge in [-0.2, -0.15) is 0 Å². The van der Waals surface area contributed by atoms with Crippen LogP contribution in [-0.2, 0) is 15.1 Å². The average molecular weight is 334 g/mol. The molecule has 2 aliphatic heterocycles. The largest absolute Gasteiger partial charge is 0.374 e. The lowest BCUT2D eigenvalue weighted by Gasteiger charge is -2.34. The van der Waals surface area contributed by atoms with Gasteiger partial charge in [-0.15, -0.1) is 11.3 Å². The van der Waals surface area contributed by atoms with Gasteiger partial charge in [0.1, 0.15) is 5.01 Å². The Morgan fingerprint density at radius 1 is 1.30 bits per heavy atom. The number of hydrogen-bond acceptors (Lipinski definition) is 4. The molecule has 3 fully saturated rings. The molecule has 1 aromatic rings. The van der Waals surface area contributed by atoms with Gasteiger partial charge in [0.15, 0.2) is 0 Å². The van der Waals surface area contributed by atoms with Gasteiger partial charge < -0.3 is 10.1 Å². The van der Waals surface area contributed by atoms with Crippen LogP contribution in [0.5, 0.6) is 0 Å². The summed E-state index contributed by atoms with van der Waals surface area (Å²) in [7, 11) is 0. The number of ether oxygens (including phenoxy) is 1. The molecule has 1 saturated carbocycles. The number of nitrogens with zero attached hydrogens (tertiary/aromatic N) is 1. The first-order chi connectivity index (χ1) is 11.2. The zero-order valence-corrected chi connectivity index (χ0v) is 14.7. The van der Waals surface area contributed by atoms with Crippen LogP contribution in [0, 0.1) is 12.8 Å². The molecule has 4 rings (SSSR count). The number of hydrogen-bond donors (Lipinski definition) is 1. The lowest BCUT2D eigenvalue weighted by atomic mass is 9.85. The molecule has 3 heterocycles. The first kappa shape index (κ1) is 15.6. The van der Waals surface area contributed by atoms with Crippen LogP contribution in [-0.4, -0.2) is 23.1 Å². The van der Waals surface area contributed by atoms with E-state index in [4.69, 9.17) is 9.72 Å². The van der Waals surface area contributed by atoms with Crippen molar-refractivity contribution in [3.05, 3.63) is 16.1 Å². The Bertz CT molecular complexity index is 577. The average Bonchev–Trinajstić information content (AvgIpc) is 3.23. The highest BCUT2D eigenvalue weighted by Crippen LogP contribution is 2.41. The second-order valence-electron chi connectivity index (χ2n) is 7.50. The van der Waals surface area contributed by atoms with Gasteiger partial charge in [0.05, 0.1) is 23.7 Å². The fourth-order valence-corrected chi connectivity index (χ4v) is 5.55. The zero-order chi connectivity index (χ0) is 15.9. The molecule has 1 amide bonds. The van der Waals surface area contributed by atoms with Crippen LogP contribution in [0.1, 0.15) is 68.5 Å². The van der Waals surface area contributed by atoms with Crippen LogP contribution < -0.4 is 5.32 Å². The highest BCUT2D eigenvalue weighted by Gasteiger charge is 2.47. The van der Waals surface area contributed by atoms with E-state index in [9.17, 15) is 4.79 Å². The van der Waals surface area contributed by atoms with Gasteiger partial charge in [-0.1, -0.05) is 25.7 Å². The first-order valence-corrected chi connectivity index (χ1v) is 9.94. The van der Waals surface area contributed by atoms with E-state index < -0.39 is 0 Å². The Hall–Kier alpha value is -0.940. The SMILES string of the molecule is Cc1csc(C2(NC(=O)C3CC4CCC3O4)CCCCCC2)n1. The number of carbonyl (C=O) groups is 1.